The fraction of sp³-hybridized carbons (Fsp3) is 0.727. The summed E-state index contributed by atoms with van der Waals surface area (Å²) in [5, 5.41) is 0. The van der Waals surface area contributed by atoms with Crippen LogP contribution in [-0.4, -0.2) is 5.78 Å². The SMILES string of the molecule is CCCCCCCCC(=O)/C=C/Cl. The highest BCUT2D eigenvalue weighted by Crippen LogP contribution is 2.07. The molecular weight excluding hydrogens is 184 g/mol. The molecule has 0 saturated heterocycles. The molecule has 0 atom stereocenters. The van der Waals surface area contributed by atoms with Gasteiger partial charge in [0.25, 0.3) is 0 Å². The molecule has 0 radical (unpaired) electrons. The topological polar surface area (TPSA) is 17.1 Å². The Labute approximate surface area is 86.2 Å². The van der Waals surface area contributed by atoms with E-state index >= 15 is 0 Å². The summed E-state index contributed by atoms with van der Waals surface area (Å²) in [6.07, 6.45) is 9.40. The van der Waals surface area contributed by atoms with Gasteiger partial charge in [0.05, 0.1) is 0 Å². The molecular formula is C11H19ClO. The lowest BCUT2D eigenvalue weighted by Crippen LogP contribution is -1.91. The zero-order chi connectivity index (χ0) is 9.94. The number of halogens is 1. The van der Waals surface area contributed by atoms with Crippen LogP contribution in [0.25, 0.3) is 0 Å². The minimum absolute atomic E-state index is 0.144. The van der Waals surface area contributed by atoms with E-state index in [1.165, 1.54) is 43.7 Å². The van der Waals surface area contributed by atoms with Crippen LogP contribution in [0.2, 0.25) is 0 Å². The molecule has 76 valence electrons. The van der Waals surface area contributed by atoms with Crippen LogP contribution in [0.1, 0.15) is 51.9 Å². The largest absolute Gasteiger partial charge is 0.295 e. The molecule has 0 bridgehead atoms. The Bertz CT molecular complexity index is 152. The summed E-state index contributed by atoms with van der Waals surface area (Å²) in [7, 11) is 0. The van der Waals surface area contributed by atoms with Crippen LogP contribution in [0, 0.1) is 0 Å². The van der Waals surface area contributed by atoms with Crippen molar-refractivity contribution in [1.29, 1.82) is 0 Å². The van der Waals surface area contributed by atoms with Crippen LogP contribution >= 0.6 is 11.6 Å². The third-order valence-corrected chi connectivity index (χ3v) is 2.15. The summed E-state index contributed by atoms with van der Waals surface area (Å²) >= 11 is 5.28. The van der Waals surface area contributed by atoms with Gasteiger partial charge in [0.1, 0.15) is 0 Å². The second-order valence-corrected chi connectivity index (χ2v) is 3.53. The molecule has 0 N–H and O–H groups in total. The van der Waals surface area contributed by atoms with E-state index in [1.54, 1.807) is 0 Å². The fourth-order valence-electron chi connectivity index (χ4n) is 1.23. The Morgan fingerprint density at radius 2 is 1.77 bits per heavy atom. The van der Waals surface area contributed by atoms with Gasteiger partial charge in [-0.05, 0) is 12.5 Å². The van der Waals surface area contributed by atoms with Crippen LogP contribution in [0.5, 0.6) is 0 Å². The average Bonchev–Trinajstić information content (AvgIpc) is 2.11. The Morgan fingerprint density at radius 3 is 2.38 bits per heavy atom. The molecule has 0 unspecified atom stereocenters. The van der Waals surface area contributed by atoms with Gasteiger partial charge >= 0.3 is 0 Å². The number of rotatable bonds is 8. The van der Waals surface area contributed by atoms with Gasteiger partial charge < -0.3 is 0 Å². The lowest BCUT2D eigenvalue weighted by atomic mass is 10.1. The number of ketones is 1. The van der Waals surface area contributed by atoms with Crippen molar-refractivity contribution in [3.8, 4) is 0 Å². The van der Waals surface area contributed by atoms with Crippen LogP contribution in [0.4, 0.5) is 0 Å². The third kappa shape index (κ3) is 9.62. The Balaban J connectivity index is 3.11. The summed E-state index contributed by atoms with van der Waals surface area (Å²) in [4.78, 5) is 11.0. The molecule has 13 heavy (non-hydrogen) atoms. The molecule has 0 saturated carbocycles. The standard InChI is InChI=1S/C11H19ClO/c1-2-3-4-5-6-7-8-11(13)9-10-12/h9-10H,2-8H2,1H3/b10-9+. The van der Waals surface area contributed by atoms with Crippen molar-refractivity contribution in [3.63, 3.8) is 0 Å². The summed E-state index contributed by atoms with van der Waals surface area (Å²) in [6.45, 7) is 2.20. The van der Waals surface area contributed by atoms with Crippen molar-refractivity contribution in [2.24, 2.45) is 0 Å². The predicted molar refractivity (Wildman–Crippen MR) is 58.0 cm³/mol. The minimum atomic E-state index is 0.144. The number of hydrogen-bond donors (Lipinski definition) is 0. The van der Waals surface area contributed by atoms with Crippen molar-refractivity contribution in [3.05, 3.63) is 11.6 Å². The number of allylic oxidation sites excluding steroid dienone is 1. The molecule has 0 aliphatic rings. The number of carbonyl (C=O) groups is 1. The van der Waals surface area contributed by atoms with E-state index < -0.39 is 0 Å². The van der Waals surface area contributed by atoms with Crippen molar-refractivity contribution in [1.82, 2.24) is 0 Å². The van der Waals surface area contributed by atoms with Gasteiger partial charge in [-0.1, -0.05) is 50.6 Å². The van der Waals surface area contributed by atoms with E-state index in [0.717, 1.165) is 6.42 Å². The molecule has 0 aliphatic heterocycles. The van der Waals surface area contributed by atoms with Gasteiger partial charge in [0, 0.05) is 12.0 Å². The molecule has 0 aliphatic carbocycles. The van der Waals surface area contributed by atoms with E-state index in [2.05, 4.69) is 6.92 Å². The van der Waals surface area contributed by atoms with Gasteiger partial charge in [0.15, 0.2) is 5.78 Å². The van der Waals surface area contributed by atoms with Crippen LogP contribution in [-0.2, 0) is 4.79 Å². The normalized spacial score (nSPS) is 10.9. The van der Waals surface area contributed by atoms with E-state index in [0.29, 0.717) is 6.42 Å². The number of carbonyl (C=O) groups excluding carboxylic acids is 1. The van der Waals surface area contributed by atoms with Crippen molar-refractivity contribution >= 4 is 17.4 Å². The van der Waals surface area contributed by atoms with E-state index in [1.807, 2.05) is 0 Å². The quantitative estimate of drug-likeness (QED) is 0.429. The highest BCUT2D eigenvalue weighted by atomic mass is 35.5. The molecule has 0 aromatic heterocycles. The highest BCUT2D eigenvalue weighted by molar-refractivity contribution is 6.26. The maximum Gasteiger partial charge on any atom is 0.156 e. The second kappa shape index (κ2) is 9.79. The molecule has 0 fully saturated rings. The first-order chi connectivity index (χ1) is 6.31. The lowest BCUT2D eigenvalue weighted by molar-refractivity contribution is -0.114. The molecule has 2 heteroatoms. The Hall–Kier alpha value is -0.300. The first-order valence-corrected chi connectivity index (χ1v) is 5.54. The molecule has 0 rings (SSSR count). The van der Waals surface area contributed by atoms with Crippen molar-refractivity contribution < 1.29 is 4.79 Å². The number of unbranched alkanes of at least 4 members (excludes halogenated alkanes) is 5. The summed E-state index contributed by atoms with van der Waals surface area (Å²) < 4.78 is 0. The summed E-state index contributed by atoms with van der Waals surface area (Å²) in [5.41, 5.74) is 1.29. The predicted octanol–water partition coefficient (Wildman–Crippen LogP) is 4.06. The first-order valence-electron chi connectivity index (χ1n) is 5.11. The highest BCUT2D eigenvalue weighted by Gasteiger charge is 1.95. The van der Waals surface area contributed by atoms with Gasteiger partial charge in [0.2, 0.25) is 0 Å². The molecule has 0 spiro atoms. The van der Waals surface area contributed by atoms with Crippen molar-refractivity contribution in [2.75, 3.05) is 0 Å². The Kier molecular flexibility index (Phi) is 9.56. The molecule has 0 amide bonds. The summed E-state index contributed by atoms with van der Waals surface area (Å²) in [5.74, 6) is 0.144. The molecule has 0 heterocycles. The monoisotopic (exact) mass is 202 g/mol. The minimum Gasteiger partial charge on any atom is -0.295 e. The van der Waals surface area contributed by atoms with Crippen LogP contribution < -0.4 is 0 Å². The maximum atomic E-state index is 11.0. The zero-order valence-corrected chi connectivity index (χ0v) is 9.15. The van der Waals surface area contributed by atoms with E-state index in [4.69, 9.17) is 11.6 Å². The van der Waals surface area contributed by atoms with Gasteiger partial charge in [-0.25, -0.2) is 0 Å². The van der Waals surface area contributed by atoms with Gasteiger partial charge in [-0.3, -0.25) is 4.79 Å². The lowest BCUT2D eigenvalue weighted by Gasteiger charge is -1.98. The van der Waals surface area contributed by atoms with Gasteiger partial charge in [-0.15, -0.1) is 0 Å². The van der Waals surface area contributed by atoms with E-state index in [9.17, 15) is 4.79 Å². The van der Waals surface area contributed by atoms with Crippen LogP contribution in [0.15, 0.2) is 11.6 Å². The molecule has 1 nitrogen and oxygen atoms in total. The van der Waals surface area contributed by atoms with Crippen molar-refractivity contribution in [2.45, 2.75) is 51.9 Å². The second-order valence-electron chi connectivity index (χ2n) is 3.28. The fourth-order valence-corrected chi connectivity index (χ4v) is 1.37. The average molecular weight is 203 g/mol. The smallest absolute Gasteiger partial charge is 0.156 e. The Morgan fingerprint density at radius 1 is 1.15 bits per heavy atom. The molecule has 0 aromatic carbocycles. The first kappa shape index (κ1) is 12.7. The zero-order valence-electron chi connectivity index (χ0n) is 8.39. The van der Waals surface area contributed by atoms with Gasteiger partial charge in [-0.2, -0.15) is 0 Å². The third-order valence-electron chi connectivity index (χ3n) is 2.03. The van der Waals surface area contributed by atoms with E-state index in [-0.39, 0.29) is 5.78 Å². The number of hydrogen-bond acceptors (Lipinski definition) is 1. The maximum absolute atomic E-state index is 11.0. The summed E-state index contributed by atoms with van der Waals surface area (Å²) in [6, 6.07) is 0. The van der Waals surface area contributed by atoms with Crippen LogP contribution in [0.3, 0.4) is 0 Å². The molecule has 0 aromatic rings.